The number of rotatable bonds is 7. The zero-order valence-corrected chi connectivity index (χ0v) is 14.9. The average Bonchev–Trinajstić information content (AvgIpc) is 2.61. The first-order chi connectivity index (χ1) is 12.5. The van der Waals surface area contributed by atoms with Gasteiger partial charge in [0.25, 0.3) is 11.7 Å². The molecule has 0 unspecified atom stereocenters. The van der Waals surface area contributed by atoms with Crippen LogP contribution in [-0.2, 0) is 4.79 Å². The fourth-order valence-electron chi connectivity index (χ4n) is 2.23. The molecule has 0 saturated heterocycles. The van der Waals surface area contributed by atoms with Crippen LogP contribution in [0.4, 0.5) is 19.3 Å². The lowest BCUT2D eigenvalue weighted by Gasteiger charge is -2.20. The van der Waals surface area contributed by atoms with Crippen LogP contribution in [0.25, 0.3) is 0 Å². The van der Waals surface area contributed by atoms with E-state index in [9.17, 15) is 18.4 Å². The van der Waals surface area contributed by atoms with E-state index >= 15 is 0 Å². The molecule has 0 saturated carbocycles. The van der Waals surface area contributed by atoms with Gasteiger partial charge in [-0.1, -0.05) is 42.1 Å². The number of amides is 3. The number of benzene rings is 2. The van der Waals surface area contributed by atoms with Crippen molar-refractivity contribution in [1.29, 1.82) is 0 Å². The van der Waals surface area contributed by atoms with Gasteiger partial charge in [-0.05, 0) is 36.8 Å². The molecule has 0 aromatic heterocycles. The first-order valence-electron chi connectivity index (χ1n) is 7.94. The first-order valence-corrected chi connectivity index (χ1v) is 8.82. The van der Waals surface area contributed by atoms with Gasteiger partial charge < -0.3 is 10.6 Å². The van der Waals surface area contributed by atoms with Crippen LogP contribution in [0.2, 0.25) is 0 Å². The summed E-state index contributed by atoms with van der Waals surface area (Å²) in [6, 6.07) is 13.8. The highest BCUT2D eigenvalue weighted by molar-refractivity contribution is 7.99. The van der Waals surface area contributed by atoms with E-state index in [0.717, 1.165) is 0 Å². The third kappa shape index (κ3) is 6.03. The molecule has 5 nitrogen and oxygen atoms in total. The third-order valence-corrected chi connectivity index (χ3v) is 4.08. The van der Waals surface area contributed by atoms with Crippen molar-refractivity contribution in [1.82, 2.24) is 10.6 Å². The summed E-state index contributed by atoms with van der Waals surface area (Å²) >= 11 is 0.449. The minimum atomic E-state index is -2.49. The van der Waals surface area contributed by atoms with Gasteiger partial charge in [0.1, 0.15) is 6.04 Å². The van der Waals surface area contributed by atoms with E-state index in [2.05, 4.69) is 16.0 Å². The molecular weight excluding hydrogens is 360 g/mol. The molecule has 2 aromatic rings. The maximum atomic E-state index is 12.5. The second kappa shape index (κ2) is 9.76. The summed E-state index contributed by atoms with van der Waals surface area (Å²) in [5.74, 6) is -3.01. The van der Waals surface area contributed by atoms with Crippen molar-refractivity contribution < 1.29 is 18.4 Å². The van der Waals surface area contributed by atoms with E-state index in [-0.39, 0.29) is 0 Å². The molecule has 26 heavy (non-hydrogen) atoms. The largest absolute Gasteiger partial charge is 0.370 e. The second-order valence-corrected chi connectivity index (χ2v) is 6.30. The predicted molar refractivity (Wildman–Crippen MR) is 98.3 cm³/mol. The lowest BCUT2D eigenvalue weighted by atomic mass is 10.1. The van der Waals surface area contributed by atoms with Crippen LogP contribution in [0.5, 0.6) is 0 Å². The molecule has 2 rings (SSSR count). The van der Waals surface area contributed by atoms with Gasteiger partial charge in [-0.3, -0.25) is 10.1 Å². The standard InChI is InChI=1S/C18H19F2N3O2S/c1-2-21-18(25)23-16(24)15(12-6-4-3-5-7-12)22-13-8-10-14(11-9-13)26-17(19)20/h3-11,15,17,22H,2H2,1H3,(H2,21,23,24,25)/t15-/m0/s1. The van der Waals surface area contributed by atoms with Gasteiger partial charge in [0, 0.05) is 17.1 Å². The van der Waals surface area contributed by atoms with Crippen LogP contribution < -0.4 is 16.0 Å². The maximum absolute atomic E-state index is 12.5. The van der Waals surface area contributed by atoms with Gasteiger partial charge >= 0.3 is 6.03 Å². The fraction of sp³-hybridized carbons (Fsp3) is 0.222. The minimum Gasteiger partial charge on any atom is -0.370 e. The van der Waals surface area contributed by atoms with Crippen molar-refractivity contribution in [2.45, 2.75) is 23.6 Å². The van der Waals surface area contributed by atoms with E-state index < -0.39 is 23.7 Å². The van der Waals surface area contributed by atoms with E-state index in [1.165, 1.54) is 0 Å². The molecule has 1 atom stereocenters. The quantitative estimate of drug-likeness (QED) is 0.636. The Morgan fingerprint density at radius 1 is 1.04 bits per heavy atom. The molecule has 0 aliphatic carbocycles. The summed E-state index contributed by atoms with van der Waals surface area (Å²) in [4.78, 5) is 24.6. The Kier molecular flexibility index (Phi) is 7.40. The fourth-order valence-corrected chi connectivity index (χ4v) is 2.73. The molecule has 0 fully saturated rings. The monoisotopic (exact) mass is 379 g/mol. The lowest BCUT2D eigenvalue weighted by Crippen LogP contribution is -2.43. The zero-order chi connectivity index (χ0) is 18.9. The van der Waals surface area contributed by atoms with Gasteiger partial charge in [0.15, 0.2) is 0 Å². The van der Waals surface area contributed by atoms with Crippen molar-refractivity contribution in [3.63, 3.8) is 0 Å². The smallest absolute Gasteiger partial charge is 0.321 e. The predicted octanol–water partition coefficient (Wildman–Crippen LogP) is 4.00. The summed E-state index contributed by atoms with van der Waals surface area (Å²) in [6.45, 7) is 2.14. The van der Waals surface area contributed by atoms with Crippen LogP contribution >= 0.6 is 11.8 Å². The van der Waals surface area contributed by atoms with Crippen molar-refractivity contribution in [2.24, 2.45) is 0 Å². The number of thioether (sulfide) groups is 1. The summed E-state index contributed by atoms with van der Waals surface area (Å²) in [5, 5.41) is 7.82. The summed E-state index contributed by atoms with van der Waals surface area (Å²) in [7, 11) is 0. The molecule has 3 amide bonds. The summed E-state index contributed by atoms with van der Waals surface area (Å²) < 4.78 is 24.8. The lowest BCUT2D eigenvalue weighted by molar-refractivity contribution is -0.120. The van der Waals surface area contributed by atoms with Crippen molar-refractivity contribution >= 4 is 29.4 Å². The van der Waals surface area contributed by atoms with Gasteiger partial charge in [-0.25, -0.2) is 4.79 Å². The molecule has 0 spiro atoms. The number of carbonyl (C=O) groups excluding carboxylic acids is 2. The third-order valence-electron chi connectivity index (χ3n) is 3.36. The van der Waals surface area contributed by atoms with Gasteiger partial charge in [0.2, 0.25) is 0 Å². The highest BCUT2D eigenvalue weighted by atomic mass is 32.2. The molecule has 0 aliphatic rings. The molecular formula is C18H19F2N3O2S. The number of alkyl halides is 2. The number of hydrogen-bond donors (Lipinski definition) is 3. The van der Waals surface area contributed by atoms with Crippen molar-refractivity contribution in [2.75, 3.05) is 11.9 Å². The van der Waals surface area contributed by atoms with Crippen molar-refractivity contribution in [3.8, 4) is 0 Å². The van der Waals surface area contributed by atoms with Crippen molar-refractivity contribution in [3.05, 3.63) is 60.2 Å². The first kappa shape index (κ1) is 19.7. The number of anilines is 1. The van der Waals surface area contributed by atoms with Crippen LogP contribution in [0.1, 0.15) is 18.5 Å². The molecule has 0 bridgehead atoms. The highest BCUT2D eigenvalue weighted by Crippen LogP contribution is 2.27. The topological polar surface area (TPSA) is 70.2 Å². The Morgan fingerprint density at radius 2 is 1.69 bits per heavy atom. The maximum Gasteiger partial charge on any atom is 0.321 e. The van der Waals surface area contributed by atoms with Gasteiger partial charge in [-0.2, -0.15) is 8.78 Å². The molecule has 8 heteroatoms. The van der Waals surface area contributed by atoms with Crippen LogP contribution in [0, 0.1) is 0 Å². The van der Waals surface area contributed by atoms with E-state index in [1.807, 2.05) is 6.07 Å². The number of carbonyl (C=O) groups is 2. The number of hydrogen-bond acceptors (Lipinski definition) is 4. The molecule has 0 radical (unpaired) electrons. The highest BCUT2D eigenvalue weighted by Gasteiger charge is 2.22. The molecule has 0 heterocycles. The SMILES string of the molecule is CCNC(=O)NC(=O)[C@@H](Nc1ccc(SC(F)F)cc1)c1ccccc1. The van der Waals surface area contributed by atoms with Crippen LogP contribution in [-0.4, -0.2) is 24.2 Å². The van der Waals surface area contributed by atoms with E-state index in [4.69, 9.17) is 0 Å². The molecule has 3 N–H and O–H groups in total. The Morgan fingerprint density at radius 3 is 2.27 bits per heavy atom. The number of nitrogens with one attached hydrogen (secondary N) is 3. The molecule has 2 aromatic carbocycles. The van der Waals surface area contributed by atoms with E-state index in [0.29, 0.717) is 34.5 Å². The molecule has 138 valence electrons. The zero-order valence-electron chi connectivity index (χ0n) is 14.0. The summed E-state index contributed by atoms with van der Waals surface area (Å²) in [5.41, 5.74) is 1.24. The summed E-state index contributed by atoms with van der Waals surface area (Å²) in [6.07, 6.45) is 0. The number of imide groups is 1. The second-order valence-electron chi connectivity index (χ2n) is 5.24. The molecule has 0 aliphatic heterocycles. The number of halogens is 2. The van der Waals surface area contributed by atoms with E-state index in [1.54, 1.807) is 55.5 Å². The van der Waals surface area contributed by atoms with Crippen LogP contribution in [0.3, 0.4) is 0 Å². The van der Waals surface area contributed by atoms with Gasteiger partial charge in [0.05, 0.1) is 0 Å². The minimum absolute atomic E-state index is 0.395. The average molecular weight is 379 g/mol. The normalized spacial score (nSPS) is 11.7. The Labute approximate surface area is 154 Å². The number of urea groups is 1. The van der Waals surface area contributed by atoms with Gasteiger partial charge in [-0.15, -0.1) is 0 Å². The van der Waals surface area contributed by atoms with Crippen LogP contribution in [0.15, 0.2) is 59.5 Å². The Bertz CT molecular complexity index is 727. The Balaban J connectivity index is 2.16. The Hall–Kier alpha value is -2.61.